The van der Waals surface area contributed by atoms with E-state index in [0.29, 0.717) is 5.56 Å². The summed E-state index contributed by atoms with van der Waals surface area (Å²) in [5.74, 6) is 0.570. The highest BCUT2D eigenvalue weighted by atomic mass is 16.5. The minimum atomic E-state index is -1.05. The number of hydrogen-bond donors (Lipinski definition) is 1. The van der Waals surface area contributed by atoms with Crippen LogP contribution in [0.3, 0.4) is 0 Å². The maximum atomic E-state index is 12.3. The molecular weight excluding hydrogens is 268 g/mol. The van der Waals surface area contributed by atoms with E-state index in [4.69, 9.17) is 4.74 Å². The smallest absolute Gasteiger partial charge is 0.252 e. The van der Waals surface area contributed by atoms with Crippen LogP contribution in [0.4, 0.5) is 0 Å². The summed E-state index contributed by atoms with van der Waals surface area (Å²) in [5.41, 5.74) is 1.16. The molecule has 0 bridgehead atoms. The molecule has 1 amide bonds. The van der Waals surface area contributed by atoms with Gasteiger partial charge in [-0.15, -0.1) is 0 Å². The van der Waals surface area contributed by atoms with Crippen molar-refractivity contribution in [3.05, 3.63) is 29.6 Å². The van der Waals surface area contributed by atoms with Crippen LogP contribution >= 0.6 is 0 Å². The van der Waals surface area contributed by atoms with E-state index in [1.54, 1.807) is 25.1 Å². The van der Waals surface area contributed by atoms with Crippen molar-refractivity contribution < 1.29 is 9.53 Å². The lowest BCUT2D eigenvalue weighted by Crippen LogP contribution is -2.48. The number of methoxy groups -OCH3 is 1. The monoisotopic (exact) mass is 286 g/mol. The number of nitrogens with zero attached hydrogens (tertiary/aromatic N) is 3. The van der Waals surface area contributed by atoms with Crippen molar-refractivity contribution in [2.24, 2.45) is 7.05 Å². The summed E-state index contributed by atoms with van der Waals surface area (Å²) in [6.45, 7) is 3.66. The zero-order valence-electron chi connectivity index (χ0n) is 12.6. The largest absolute Gasteiger partial charge is 0.381 e. The molecule has 0 saturated heterocycles. The van der Waals surface area contributed by atoms with Crippen molar-refractivity contribution in [1.82, 2.24) is 14.9 Å². The lowest BCUT2D eigenvalue weighted by Gasteiger charge is -2.22. The molecule has 0 saturated carbocycles. The molecule has 1 aromatic heterocycles. The van der Waals surface area contributed by atoms with Gasteiger partial charge >= 0.3 is 0 Å². The second-order valence-corrected chi connectivity index (χ2v) is 5.25. The highest BCUT2D eigenvalue weighted by Gasteiger charge is 2.26. The Bertz CT molecular complexity index is 729. The molecule has 1 atom stereocenters. The Morgan fingerprint density at radius 2 is 2.29 bits per heavy atom. The van der Waals surface area contributed by atoms with Gasteiger partial charge in [-0.2, -0.15) is 5.26 Å². The van der Waals surface area contributed by atoms with Crippen LogP contribution in [0.1, 0.15) is 23.1 Å². The van der Waals surface area contributed by atoms with Crippen LogP contribution in [0.15, 0.2) is 18.2 Å². The molecule has 1 aromatic carbocycles. The van der Waals surface area contributed by atoms with Crippen LogP contribution in [0, 0.1) is 18.3 Å². The standard InChI is InChI=1S/C15H18N4O2/c1-10-17-12-6-5-11(7-13(12)19(10)3)14(20)18-15(2,8-16)9-21-4/h5-7H,9H2,1-4H3,(H,18,20). The molecule has 2 rings (SSSR count). The van der Waals surface area contributed by atoms with Gasteiger partial charge in [0.05, 0.1) is 23.7 Å². The Balaban J connectivity index is 2.32. The number of rotatable bonds is 4. The lowest BCUT2D eigenvalue weighted by molar-refractivity contribution is 0.0860. The average Bonchev–Trinajstić information content (AvgIpc) is 2.74. The van der Waals surface area contributed by atoms with Gasteiger partial charge in [-0.3, -0.25) is 4.79 Å². The Hall–Kier alpha value is -2.39. The molecule has 6 nitrogen and oxygen atoms in total. The van der Waals surface area contributed by atoms with E-state index in [2.05, 4.69) is 16.4 Å². The van der Waals surface area contributed by atoms with E-state index in [9.17, 15) is 10.1 Å². The van der Waals surface area contributed by atoms with Crippen molar-refractivity contribution >= 4 is 16.9 Å². The second kappa shape index (κ2) is 5.54. The Morgan fingerprint density at radius 1 is 1.57 bits per heavy atom. The van der Waals surface area contributed by atoms with Crippen molar-refractivity contribution in [3.63, 3.8) is 0 Å². The van der Waals surface area contributed by atoms with Gasteiger partial charge in [0.15, 0.2) is 0 Å². The molecule has 1 unspecified atom stereocenters. The zero-order chi connectivity index (χ0) is 15.6. The topological polar surface area (TPSA) is 79.9 Å². The first-order chi connectivity index (χ1) is 9.90. The molecule has 2 aromatic rings. The fourth-order valence-electron chi connectivity index (χ4n) is 2.16. The number of carbonyl (C=O) groups excluding carboxylic acids is 1. The number of imidazole rings is 1. The minimum Gasteiger partial charge on any atom is -0.381 e. The molecule has 21 heavy (non-hydrogen) atoms. The fraction of sp³-hybridized carbons (Fsp3) is 0.400. The Labute approximate surface area is 123 Å². The van der Waals surface area contributed by atoms with Crippen molar-refractivity contribution in [1.29, 1.82) is 5.26 Å². The summed E-state index contributed by atoms with van der Waals surface area (Å²) < 4.78 is 6.90. The molecule has 0 aliphatic heterocycles. The van der Waals surface area contributed by atoms with Crippen LogP contribution in [0.5, 0.6) is 0 Å². The van der Waals surface area contributed by atoms with Gasteiger partial charge in [-0.1, -0.05) is 0 Å². The summed E-state index contributed by atoms with van der Waals surface area (Å²) in [4.78, 5) is 16.7. The van der Waals surface area contributed by atoms with E-state index in [1.807, 2.05) is 18.5 Å². The van der Waals surface area contributed by atoms with Gasteiger partial charge < -0.3 is 14.6 Å². The predicted molar refractivity (Wildman–Crippen MR) is 78.8 cm³/mol. The normalized spacial score (nSPS) is 13.7. The molecule has 1 heterocycles. The number of amides is 1. The number of carbonyl (C=O) groups is 1. The first kappa shape index (κ1) is 15.0. The number of hydrogen-bond acceptors (Lipinski definition) is 4. The summed E-state index contributed by atoms with van der Waals surface area (Å²) in [6, 6.07) is 7.34. The quantitative estimate of drug-likeness (QED) is 0.924. The number of nitriles is 1. The number of ether oxygens (including phenoxy) is 1. The highest BCUT2D eigenvalue weighted by Crippen LogP contribution is 2.17. The number of aromatic nitrogens is 2. The van der Waals surface area contributed by atoms with Crippen molar-refractivity contribution in [2.75, 3.05) is 13.7 Å². The lowest BCUT2D eigenvalue weighted by atomic mass is 10.1. The van der Waals surface area contributed by atoms with E-state index < -0.39 is 5.54 Å². The molecule has 6 heteroatoms. The summed E-state index contributed by atoms with van der Waals surface area (Å²) in [7, 11) is 3.39. The van der Waals surface area contributed by atoms with Gasteiger partial charge in [0.2, 0.25) is 0 Å². The maximum Gasteiger partial charge on any atom is 0.252 e. The average molecular weight is 286 g/mol. The third-order valence-electron chi connectivity index (χ3n) is 3.44. The van der Waals surface area contributed by atoms with Gasteiger partial charge in [0.25, 0.3) is 5.91 Å². The molecule has 0 aliphatic carbocycles. The highest BCUT2D eigenvalue weighted by molar-refractivity contribution is 5.98. The second-order valence-electron chi connectivity index (χ2n) is 5.25. The van der Waals surface area contributed by atoms with E-state index >= 15 is 0 Å². The fourth-order valence-corrected chi connectivity index (χ4v) is 2.16. The van der Waals surface area contributed by atoms with Crippen LogP contribution < -0.4 is 5.32 Å². The molecule has 0 radical (unpaired) electrons. The molecule has 1 N–H and O–H groups in total. The van der Waals surface area contributed by atoms with Crippen LogP contribution in [0.25, 0.3) is 11.0 Å². The molecule has 110 valence electrons. The molecule has 0 spiro atoms. The number of fused-ring (bicyclic) bond motifs is 1. The minimum absolute atomic E-state index is 0.127. The van der Waals surface area contributed by atoms with Crippen LogP contribution in [0.2, 0.25) is 0 Å². The third-order valence-corrected chi connectivity index (χ3v) is 3.44. The van der Waals surface area contributed by atoms with Gasteiger partial charge in [-0.05, 0) is 32.0 Å². The van der Waals surface area contributed by atoms with E-state index in [-0.39, 0.29) is 12.5 Å². The SMILES string of the molecule is COCC(C)(C#N)NC(=O)c1ccc2nc(C)n(C)c2c1. The maximum absolute atomic E-state index is 12.3. The Morgan fingerprint density at radius 3 is 2.90 bits per heavy atom. The molecular formula is C15H18N4O2. The first-order valence-electron chi connectivity index (χ1n) is 6.56. The van der Waals surface area contributed by atoms with Crippen LogP contribution in [-0.4, -0.2) is 34.7 Å². The van der Waals surface area contributed by atoms with Crippen molar-refractivity contribution in [3.8, 4) is 6.07 Å². The predicted octanol–water partition coefficient (Wildman–Crippen LogP) is 1.54. The summed E-state index contributed by atoms with van der Waals surface area (Å²) in [5, 5.41) is 11.9. The van der Waals surface area contributed by atoms with Gasteiger partial charge in [0, 0.05) is 19.7 Å². The Kier molecular flexibility index (Phi) is 3.96. The number of benzene rings is 1. The summed E-state index contributed by atoms with van der Waals surface area (Å²) >= 11 is 0. The van der Waals surface area contributed by atoms with Crippen molar-refractivity contribution in [2.45, 2.75) is 19.4 Å². The summed E-state index contributed by atoms with van der Waals surface area (Å²) in [6.07, 6.45) is 0. The van der Waals surface area contributed by atoms with E-state index in [1.165, 1.54) is 7.11 Å². The third kappa shape index (κ3) is 2.88. The first-order valence-corrected chi connectivity index (χ1v) is 6.56. The molecule has 0 fully saturated rings. The van der Waals surface area contributed by atoms with Gasteiger partial charge in [0.1, 0.15) is 11.4 Å². The zero-order valence-corrected chi connectivity index (χ0v) is 12.6. The van der Waals surface area contributed by atoms with Crippen LogP contribution in [-0.2, 0) is 11.8 Å². The van der Waals surface area contributed by atoms with E-state index in [0.717, 1.165) is 16.9 Å². The molecule has 0 aliphatic rings. The number of aryl methyl sites for hydroxylation is 2. The number of nitrogens with one attached hydrogen (secondary N) is 1. The van der Waals surface area contributed by atoms with Gasteiger partial charge in [-0.25, -0.2) is 4.98 Å².